The fourth-order valence-corrected chi connectivity index (χ4v) is 13.7. The first-order chi connectivity index (χ1) is 56.0. The zero-order valence-corrected chi connectivity index (χ0v) is 66.5. The highest BCUT2D eigenvalue weighted by Crippen LogP contribution is 2.44. The Morgan fingerprint density at radius 2 is 1.00 bits per heavy atom. The number of rotatable bonds is 46. The van der Waals surface area contributed by atoms with Gasteiger partial charge in [-0.05, 0) is 18.4 Å². The van der Waals surface area contributed by atoms with Gasteiger partial charge in [0, 0.05) is 58.0 Å². The average molecular weight is 1720 g/mol. The van der Waals surface area contributed by atoms with Crippen LogP contribution in [0.4, 0.5) is 0 Å². The fraction of sp³-hybridized carbons (Fsp3) is 0.775. The summed E-state index contributed by atoms with van der Waals surface area (Å²) in [5.74, 6) is -12.5. The number of carboxylic acid groups (broad SMARTS) is 1. The number of hydrogen-bond acceptors (Lipinski definition) is 38. The van der Waals surface area contributed by atoms with Crippen LogP contribution in [0, 0.1) is 0 Å². The first-order valence-electron chi connectivity index (χ1n) is 38.5. The molecule has 5 aliphatic rings. The summed E-state index contributed by atoms with van der Waals surface area (Å²) >= 11 is 0. The molecule has 5 amide bonds. The molecule has 5 fully saturated rings. The molecule has 47 heteroatoms. The predicted molar refractivity (Wildman–Crippen MR) is 387 cm³/mol. The van der Waals surface area contributed by atoms with Crippen LogP contribution in [0.3, 0.4) is 0 Å². The van der Waals surface area contributed by atoms with Crippen molar-refractivity contribution in [2.24, 2.45) is 0 Å². The highest BCUT2D eigenvalue weighted by Gasteiger charge is 2.61. The van der Waals surface area contributed by atoms with Crippen molar-refractivity contribution in [1.82, 2.24) is 26.6 Å². The first-order valence-corrected chi connectivity index (χ1v) is 40.1. The molecule has 0 aromatic heterocycles. The summed E-state index contributed by atoms with van der Waals surface area (Å²) in [6.07, 6.45) is -49.6. The number of nitrogens with one attached hydrogen (secondary N) is 5. The van der Waals surface area contributed by atoms with E-state index >= 15 is 0 Å². The molecule has 1 aromatic rings. The number of aliphatic hydroxyl groups excluding tert-OH is 12. The molecule has 0 bridgehead atoms. The van der Waals surface area contributed by atoms with Gasteiger partial charge in [0.1, 0.15) is 116 Å². The van der Waals surface area contributed by atoms with Gasteiger partial charge in [-0.15, -0.1) is 0 Å². The third kappa shape index (κ3) is 28.6. The van der Waals surface area contributed by atoms with E-state index in [-0.39, 0.29) is 58.0 Å². The minimum Gasteiger partial charge on any atom is -0.477 e. The Hall–Kier alpha value is -6.85. The molecule has 118 heavy (non-hydrogen) atoms. The van der Waals surface area contributed by atoms with Gasteiger partial charge in [0.05, 0.1) is 77.7 Å². The highest BCUT2D eigenvalue weighted by molar-refractivity contribution is 7.46. The lowest BCUT2D eigenvalue weighted by molar-refractivity contribution is -0.386. The van der Waals surface area contributed by atoms with Crippen molar-refractivity contribution in [3.63, 3.8) is 0 Å². The molecule has 5 saturated heterocycles. The van der Waals surface area contributed by atoms with Gasteiger partial charge in [-0.25, -0.2) is 9.36 Å². The zero-order valence-electron chi connectivity index (χ0n) is 65.6. The molecular weight excluding hydrogens is 1610 g/mol. The molecule has 5 aliphatic heterocycles. The Morgan fingerprint density at radius 1 is 0.525 bits per heavy atom. The smallest absolute Gasteiger partial charge is 0.470 e. The second kappa shape index (κ2) is 48.1. The minimum absolute atomic E-state index is 0.0391. The van der Waals surface area contributed by atoms with Crippen LogP contribution >= 0.6 is 7.82 Å². The van der Waals surface area contributed by atoms with Crippen LogP contribution in [0.25, 0.3) is 0 Å². The number of phosphoric acid groups is 1. The van der Waals surface area contributed by atoms with E-state index in [2.05, 4.69) is 26.6 Å². The van der Waals surface area contributed by atoms with E-state index in [0.717, 1.165) is 0 Å². The molecule has 0 saturated carbocycles. The molecule has 1 aromatic carbocycles. The van der Waals surface area contributed by atoms with Gasteiger partial charge in [0.25, 0.3) is 5.79 Å². The summed E-state index contributed by atoms with van der Waals surface area (Å²) in [4.78, 5) is 151. The van der Waals surface area contributed by atoms with Crippen molar-refractivity contribution in [2.75, 3.05) is 59.3 Å². The van der Waals surface area contributed by atoms with Crippen LogP contribution in [0.1, 0.15) is 118 Å². The number of ether oxygens (including phenoxy) is 14. The molecular formula is C71H112N5O41P. The summed E-state index contributed by atoms with van der Waals surface area (Å²) in [5, 5.41) is 155. The van der Waals surface area contributed by atoms with E-state index < -0.39 is 317 Å². The quantitative estimate of drug-likeness (QED) is 0.0125. The number of amides is 5. The number of carbonyl (C=O) groups excluding carboxylic acids is 9. The number of carbonyl (C=O) groups is 10. The molecule has 672 valence electrons. The summed E-state index contributed by atoms with van der Waals surface area (Å²) in [6, 6.07) is 3.02. The Kier molecular flexibility index (Phi) is 40.8. The van der Waals surface area contributed by atoms with Crippen molar-refractivity contribution in [2.45, 2.75) is 290 Å². The van der Waals surface area contributed by atoms with Crippen molar-refractivity contribution in [3.8, 4) is 0 Å². The van der Waals surface area contributed by atoms with E-state index in [1.165, 1.54) is 27.7 Å². The van der Waals surface area contributed by atoms with Crippen molar-refractivity contribution in [1.29, 1.82) is 0 Å². The second-order valence-corrected chi connectivity index (χ2v) is 29.2. The van der Waals surface area contributed by atoms with Gasteiger partial charge in [-0.3, -0.25) is 47.7 Å². The van der Waals surface area contributed by atoms with E-state index in [0.29, 0.717) is 5.56 Å². The van der Waals surface area contributed by atoms with Crippen LogP contribution in [-0.2, 0) is 130 Å². The molecule has 0 radical (unpaired) electrons. The molecule has 0 aliphatic carbocycles. The van der Waals surface area contributed by atoms with Gasteiger partial charge in [0.15, 0.2) is 37.4 Å². The predicted octanol–water partition coefficient (Wildman–Crippen LogP) is -7.79. The summed E-state index contributed by atoms with van der Waals surface area (Å²) in [5.41, 5.74) is 0.498. The molecule has 6 rings (SSSR count). The van der Waals surface area contributed by atoms with Gasteiger partial charge in [0.2, 0.25) is 29.5 Å². The Morgan fingerprint density at radius 3 is 1.51 bits per heavy atom. The Labute approximate surface area is 676 Å². The number of aliphatic carboxylic acids is 1. The molecule has 5 heterocycles. The van der Waals surface area contributed by atoms with Gasteiger partial charge in [-0.1, -0.05) is 71.9 Å². The third-order valence-corrected chi connectivity index (χ3v) is 20.0. The van der Waals surface area contributed by atoms with Crippen molar-refractivity contribution < 1.29 is 200 Å². The maximum Gasteiger partial charge on any atom is 0.470 e. The van der Waals surface area contributed by atoms with E-state index in [9.17, 15) is 129 Å². The van der Waals surface area contributed by atoms with Crippen LogP contribution in [-0.4, -0.2) is 366 Å². The number of aliphatic hydroxyl groups is 12. The largest absolute Gasteiger partial charge is 0.477 e. The fourth-order valence-electron chi connectivity index (χ4n) is 13.1. The number of esters is 4. The summed E-state index contributed by atoms with van der Waals surface area (Å²) in [6.45, 7) is 2.11. The van der Waals surface area contributed by atoms with Crippen molar-refractivity contribution >= 4 is 67.2 Å². The SMILES string of the molecule is CCC(=O)O[C@H](CC)CC(=O)NC1[C@H](OCCNC(=O)CCC(=O)NCCOC2OC(CO)[C@@H](O[C@@H]3OC(CO)[C@H](O)[C@H](O[C@]4(C(=O)O)C[C@@H](O)[C@@H](NC(=O)Cc5ccccc5)C([C@H](O)[C@H](O)CO)O4)C3O)[C@H](O)[C@@H]2O)OC(CO[C@@H]2OC(CO)[C@@H](OP(=O)(O)O)[C@H](OC(=O)CC)C2NC(=O)C[C@@H](CC)OC(=O)CC)[C@@H](O)[C@@H]1OC(=O)CC. The number of hydrogen-bond donors (Lipinski definition) is 20. The van der Waals surface area contributed by atoms with Gasteiger partial charge >= 0.3 is 37.7 Å². The van der Waals surface area contributed by atoms with E-state index in [1.54, 1.807) is 44.2 Å². The van der Waals surface area contributed by atoms with E-state index in [1.807, 2.05) is 0 Å². The lowest BCUT2D eigenvalue weighted by Gasteiger charge is -2.50. The van der Waals surface area contributed by atoms with Crippen molar-refractivity contribution in [3.05, 3.63) is 35.9 Å². The number of carboxylic acids is 1. The Bertz CT molecular complexity index is 3430. The monoisotopic (exact) mass is 1720 g/mol. The Balaban J connectivity index is 1.08. The average Bonchev–Trinajstić information content (AvgIpc) is 0.751. The highest BCUT2D eigenvalue weighted by atomic mass is 31.2. The standard InChI is InChI=1S/C71H112N5O41P/c1-7-34(106-47(88)9-3)25-45(86)75-52-62(112-49(90)11-5)56(94)41(32-105-67-53(76-46(87)26-35(8-2)107-48(89)10-4)64(113-50(91)12-6)61(40(31-80)109-67)117-118(100,101)102)111-66(52)103-22-20-72-42(83)18-19-43(84)73-21-23-104-68-58(96)57(95)60(39(30-79)110-68)114-69-59(97)65(55(93)38(29-78)108-69)116-71(70(98)99)27-36(81)51(63(115-71)54(92)37(82)28-77)74-44(85)24-33-16-14-13-15-17-33/h13-17,34-41,51-69,77-82,92-97H,7-12,18-32H2,1-6H3,(H,72,83)(H,73,84)(H,74,85)(H,75,86)(H,76,87)(H,98,99)(H2,100,101,102)/t34-,35-,36-,37-,38?,39?,40?,41?,51-,52?,53?,54-,55+,56-,57-,58+,59?,60-,61-,62-,63?,64-,65+,66-,67-,68?,69+,71+/m1/s1. The second-order valence-electron chi connectivity index (χ2n) is 28.1. The lowest BCUT2D eigenvalue weighted by atomic mass is 9.88. The van der Waals surface area contributed by atoms with E-state index in [4.69, 9.17) is 70.8 Å². The zero-order chi connectivity index (χ0) is 87.5. The first kappa shape index (κ1) is 100.0. The normalized spacial score (nSPS) is 32.1. The molecule has 20 N–H and O–H groups in total. The molecule has 9 unspecified atom stereocenters. The topological polar surface area (TPSA) is 690 Å². The molecule has 0 spiro atoms. The maximum absolute atomic E-state index is 13.9. The van der Waals surface area contributed by atoms with Gasteiger partial charge < -0.3 is 169 Å². The third-order valence-electron chi connectivity index (χ3n) is 19.5. The van der Waals surface area contributed by atoms with Gasteiger partial charge in [-0.2, -0.15) is 0 Å². The molecule has 46 nitrogen and oxygen atoms in total. The van der Waals surface area contributed by atoms with Crippen LogP contribution < -0.4 is 26.6 Å². The maximum atomic E-state index is 13.9. The minimum atomic E-state index is -5.53. The number of benzene rings is 1. The van der Waals surface area contributed by atoms with Crippen LogP contribution in [0.15, 0.2) is 30.3 Å². The summed E-state index contributed by atoms with van der Waals surface area (Å²) < 4.78 is 97.8. The van der Waals surface area contributed by atoms with Crippen LogP contribution in [0.2, 0.25) is 0 Å². The number of phosphoric ester groups is 1. The molecule has 28 atom stereocenters. The lowest BCUT2D eigenvalue weighted by Crippen LogP contribution is -2.71. The summed E-state index contributed by atoms with van der Waals surface area (Å²) in [7, 11) is -5.53. The van der Waals surface area contributed by atoms with Crippen LogP contribution in [0.5, 0.6) is 0 Å².